The maximum Gasteiger partial charge on any atom is 0.255 e. The third kappa shape index (κ3) is 4.59. The van der Waals surface area contributed by atoms with Gasteiger partial charge < -0.3 is 15.0 Å². The molecule has 7 nitrogen and oxygen atoms in total. The summed E-state index contributed by atoms with van der Waals surface area (Å²) in [6, 6.07) is 3.93. The van der Waals surface area contributed by atoms with Gasteiger partial charge in [-0.2, -0.15) is 0 Å². The highest BCUT2D eigenvalue weighted by molar-refractivity contribution is 6.07. The average Bonchev–Trinajstić information content (AvgIpc) is 3.02. The summed E-state index contributed by atoms with van der Waals surface area (Å²) in [4.78, 5) is 38.0. The van der Waals surface area contributed by atoms with E-state index in [1.54, 1.807) is 36.6 Å². The largest absolute Gasteiger partial charge is 0.497 e. The van der Waals surface area contributed by atoms with Gasteiger partial charge in [0.2, 0.25) is 11.8 Å². The minimum Gasteiger partial charge on any atom is -0.497 e. The Balaban J connectivity index is 1.77. The van der Waals surface area contributed by atoms with Crippen molar-refractivity contribution >= 4 is 17.7 Å². The number of methoxy groups -OCH3 is 1. The maximum atomic E-state index is 14.1. The fourth-order valence-electron chi connectivity index (χ4n) is 3.44. The molecule has 1 aromatic carbocycles. The zero-order valence-electron chi connectivity index (χ0n) is 16.9. The molecule has 1 atom stereocenters. The van der Waals surface area contributed by atoms with Gasteiger partial charge in [0.1, 0.15) is 17.6 Å². The van der Waals surface area contributed by atoms with E-state index in [9.17, 15) is 18.8 Å². The van der Waals surface area contributed by atoms with Crippen LogP contribution < -0.4 is 15.4 Å². The summed E-state index contributed by atoms with van der Waals surface area (Å²) < 4.78 is 19.1. The van der Waals surface area contributed by atoms with Gasteiger partial charge in [-0.3, -0.25) is 19.7 Å². The first kappa shape index (κ1) is 21.3. The molecule has 2 N–H and O–H groups in total. The molecule has 0 aromatic heterocycles. The standard InChI is InChI=1S/C22H24FN3O4/c1-3-4-5-17-15(12-24-11-14-6-7-16(30-2)10-18(14)23)13-26(22(17)29)19-8-9-20(27)25-21(19)28/h3-7,10,12,19,24H,8-9,11,13H2,1-2H3,(H,25,27,28)/b4-3-,15-12+,17-5+. The molecule has 2 aliphatic heterocycles. The molecule has 0 saturated carbocycles. The molecular formula is C22H24FN3O4. The number of imide groups is 1. The topological polar surface area (TPSA) is 87.7 Å². The Bertz CT molecular complexity index is 952. The lowest BCUT2D eigenvalue weighted by Gasteiger charge is -2.28. The van der Waals surface area contributed by atoms with Crippen molar-refractivity contribution in [2.75, 3.05) is 13.7 Å². The van der Waals surface area contributed by atoms with Crippen LogP contribution in [0.15, 0.2) is 53.8 Å². The van der Waals surface area contributed by atoms with Gasteiger partial charge in [-0.05, 0) is 31.1 Å². The third-order valence-electron chi connectivity index (χ3n) is 5.05. The lowest BCUT2D eigenvalue weighted by atomic mass is 10.0. The van der Waals surface area contributed by atoms with Gasteiger partial charge in [-0.1, -0.05) is 18.2 Å². The van der Waals surface area contributed by atoms with E-state index in [1.807, 2.05) is 6.92 Å². The van der Waals surface area contributed by atoms with Crippen LogP contribution in [0.25, 0.3) is 0 Å². The van der Waals surface area contributed by atoms with E-state index < -0.39 is 17.8 Å². The van der Waals surface area contributed by atoms with Crippen molar-refractivity contribution in [2.24, 2.45) is 0 Å². The summed E-state index contributed by atoms with van der Waals surface area (Å²) in [6.07, 6.45) is 7.40. The van der Waals surface area contributed by atoms with Crippen LogP contribution in [0.1, 0.15) is 25.3 Å². The second-order valence-electron chi connectivity index (χ2n) is 7.01. The number of amides is 3. The molecule has 158 valence electrons. The highest BCUT2D eigenvalue weighted by atomic mass is 19.1. The van der Waals surface area contributed by atoms with E-state index in [0.717, 1.165) is 0 Å². The number of ether oxygens (including phenoxy) is 1. The minimum atomic E-state index is -0.686. The van der Waals surface area contributed by atoms with Crippen molar-refractivity contribution in [3.63, 3.8) is 0 Å². The summed E-state index contributed by atoms with van der Waals surface area (Å²) in [7, 11) is 1.47. The van der Waals surface area contributed by atoms with E-state index in [-0.39, 0.29) is 31.3 Å². The van der Waals surface area contributed by atoms with Gasteiger partial charge >= 0.3 is 0 Å². The molecule has 0 aliphatic carbocycles. The van der Waals surface area contributed by atoms with Gasteiger partial charge in [-0.25, -0.2) is 4.39 Å². The summed E-state index contributed by atoms with van der Waals surface area (Å²) in [6.45, 7) is 2.29. The van der Waals surface area contributed by atoms with Crippen LogP contribution in [0.3, 0.4) is 0 Å². The van der Waals surface area contributed by atoms with E-state index in [1.165, 1.54) is 18.1 Å². The van der Waals surface area contributed by atoms with Crippen molar-refractivity contribution in [1.29, 1.82) is 0 Å². The number of rotatable bonds is 6. The summed E-state index contributed by atoms with van der Waals surface area (Å²) in [5.74, 6) is -1.01. The van der Waals surface area contributed by atoms with Gasteiger partial charge in [0.25, 0.3) is 5.91 Å². The molecule has 8 heteroatoms. The number of hydrogen-bond acceptors (Lipinski definition) is 5. The average molecular weight is 413 g/mol. The fourth-order valence-corrected chi connectivity index (χ4v) is 3.44. The Morgan fingerprint density at radius 1 is 1.33 bits per heavy atom. The summed E-state index contributed by atoms with van der Waals surface area (Å²) >= 11 is 0. The highest BCUT2D eigenvalue weighted by Gasteiger charge is 2.40. The zero-order chi connectivity index (χ0) is 21.7. The molecule has 3 amide bonds. The molecule has 0 radical (unpaired) electrons. The number of allylic oxidation sites excluding steroid dienone is 3. The number of benzene rings is 1. The summed E-state index contributed by atoms with van der Waals surface area (Å²) in [5.41, 5.74) is 1.61. The Morgan fingerprint density at radius 2 is 2.13 bits per heavy atom. The van der Waals surface area contributed by atoms with Crippen molar-refractivity contribution in [3.05, 3.63) is 65.2 Å². The van der Waals surface area contributed by atoms with E-state index in [4.69, 9.17) is 4.74 Å². The van der Waals surface area contributed by atoms with Crippen molar-refractivity contribution in [2.45, 2.75) is 32.4 Å². The number of likely N-dealkylation sites (tertiary alicyclic amines) is 1. The molecule has 2 heterocycles. The molecule has 2 saturated heterocycles. The number of halogens is 1. The first-order valence-electron chi connectivity index (χ1n) is 9.67. The molecular weight excluding hydrogens is 389 g/mol. The normalized spacial score (nSPS) is 22.3. The van der Waals surface area contributed by atoms with Gasteiger partial charge in [0.15, 0.2) is 0 Å². The molecule has 2 fully saturated rings. The maximum absolute atomic E-state index is 14.1. The predicted octanol–water partition coefficient (Wildman–Crippen LogP) is 1.96. The smallest absolute Gasteiger partial charge is 0.255 e. The van der Waals surface area contributed by atoms with Crippen LogP contribution in [-0.2, 0) is 20.9 Å². The minimum absolute atomic E-state index is 0.197. The molecule has 1 unspecified atom stereocenters. The van der Waals surface area contributed by atoms with Crippen LogP contribution >= 0.6 is 0 Å². The lowest BCUT2D eigenvalue weighted by molar-refractivity contribution is -0.142. The van der Waals surface area contributed by atoms with Crippen molar-refractivity contribution < 1.29 is 23.5 Å². The number of carbonyl (C=O) groups is 3. The first-order chi connectivity index (χ1) is 14.4. The number of nitrogens with one attached hydrogen (secondary N) is 2. The monoisotopic (exact) mass is 413 g/mol. The quantitative estimate of drug-likeness (QED) is 0.550. The summed E-state index contributed by atoms with van der Waals surface area (Å²) in [5, 5.41) is 5.34. The third-order valence-corrected chi connectivity index (χ3v) is 5.05. The van der Waals surface area contributed by atoms with Crippen LogP contribution in [-0.4, -0.2) is 42.3 Å². The van der Waals surface area contributed by atoms with Gasteiger partial charge in [-0.15, -0.1) is 0 Å². The van der Waals surface area contributed by atoms with E-state index in [0.29, 0.717) is 28.9 Å². The molecule has 0 spiro atoms. The lowest BCUT2D eigenvalue weighted by Crippen LogP contribution is -2.52. The number of hydrogen-bond donors (Lipinski definition) is 2. The molecule has 30 heavy (non-hydrogen) atoms. The van der Waals surface area contributed by atoms with Crippen molar-refractivity contribution in [3.8, 4) is 5.75 Å². The first-order valence-corrected chi connectivity index (χ1v) is 9.67. The Labute approximate surface area is 174 Å². The van der Waals surface area contributed by atoms with Crippen LogP contribution in [0, 0.1) is 5.82 Å². The van der Waals surface area contributed by atoms with Gasteiger partial charge in [0.05, 0.1) is 7.11 Å². The van der Waals surface area contributed by atoms with Crippen LogP contribution in [0.2, 0.25) is 0 Å². The van der Waals surface area contributed by atoms with Gasteiger partial charge in [0, 0.05) is 42.9 Å². The molecule has 2 aliphatic rings. The number of carbonyl (C=O) groups excluding carboxylic acids is 3. The van der Waals surface area contributed by atoms with Crippen LogP contribution in [0.5, 0.6) is 5.75 Å². The fraction of sp³-hybridized carbons (Fsp3) is 0.318. The Morgan fingerprint density at radius 3 is 2.80 bits per heavy atom. The van der Waals surface area contributed by atoms with Crippen LogP contribution in [0.4, 0.5) is 4.39 Å². The molecule has 0 bridgehead atoms. The number of nitrogens with zero attached hydrogens (tertiary/aromatic N) is 1. The van der Waals surface area contributed by atoms with E-state index >= 15 is 0 Å². The highest BCUT2D eigenvalue weighted by Crippen LogP contribution is 2.28. The second kappa shape index (κ2) is 9.39. The predicted molar refractivity (Wildman–Crippen MR) is 109 cm³/mol. The Kier molecular flexibility index (Phi) is 6.66. The van der Waals surface area contributed by atoms with Crippen molar-refractivity contribution in [1.82, 2.24) is 15.5 Å². The van der Waals surface area contributed by atoms with E-state index in [2.05, 4.69) is 10.6 Å². The SMILES string of the molecule is C\C=C/C=C1/C(=O)N(C2CCC(=O)NC2=O)C/C1=C\NCc1ccc(OC)cc1F. The molecule has 1 aromatic rings. The Hall–Kier alpha value is -3.42. The second-order valence-corrected chi connectivity index (χ2v) is 7.01. The number of piperidine rings is 1. The zero-order valence-corrected chi connectivity index (χ0v) is 16.9. The molecule has 3 rings (SSSR count).